The number of nitrogens with zero attached hydrogens (tertiary/aromatic N) is 2. The Labute approximate surface area is 195 Å². The largest absolute Gasteiger partial charge is 0.506 e. The van der Waals surface area contributed by atoms with E-state index >= 15 is 0 Å². The summed E-state index contributed by atoms with van der Waals surface area (Å²) < 4.78 is 5.09. The molecule has 0 unspecified atom stereocenters. The number of benzene rings is 3. The molecule has 0 spiro atoms. The summed E-state index contributed by atoms with van der Waals surface area (Å²) in [6.07, 6.45) is -0.229. The predicted octanol–water partition coefficient (Wildman–Crippen LogP) is 4.67. The van der Waals surface area contributed by atoms with E-state index in [1.165, 1.54) is 25.3 Å². The molecular formula is C26H21N3O5. The first kappa shape index (κ1) is 22.5. The molecule has 1 heterocycles. The van der Waals surface area contributed by atoms with Gasteiger partial charge < -0.3 is 20.3 Å². The van der Waals surface area contributed by atoms with E-state index in [1.807, 2.05) is 60.7 Å². The third kappa shape index (κ3) is 4.71. The molecule has 0 aliphatic rings. The van der Waals surface area contributed by atoms with E-state index in [9.17, 15) is 14.7 Å². The maximum absolute atomic E-state index is 13.0. The van der Waals surface area contributed by atoms with Gasteiger partial charge in [-0.25, -0.2) is 4.79 Å². The first-order chi connectivity index (χ1) is 16.5. The van der Waals surface area contributed by atoms with Crippen molar-refractivity contribution in [2.75, 3.05) is 12.4 Å². The number of rotatable bonds is 7. The third-order valence-corrected chi connectivity index (χ3v) is 5.14. The van der Waals surface area contributed by atoms with Crippen LogP contribution in [0.5, 0.6) is 5.75 Å². The minimum atomic E-state index is -1.01. The van der Waals surface area contributed by atoms with Crippen LogP contribution < -0.4 is 5.32 Å². The summed E-state index contributed by atoms with van der Waals surface area (Å²) in [5.41, 5.74) is 3.26. The first-order valence-electron chi connectivity index (χ1n) is 10.4. The summed E-state index contributed by atoms with van der Waals surface area (Å²) in [5.74, 6) is -1.73. The Bertz CT molecular complexity index is 1340. The normalized spacial score (nSPS) is 10.5. The van der Waals surface area contributed by atoms with Crippen molar-refractivity contribution in [2.24, 2.45) is 0 Å². The highest BCUT2D eigenvalue weighted by Gasteiger charge is 2.26. The molecule has 0 saturated carbocycles. The number of aliphatic carboxylic acids is 1. The number of aromatic nitrogens is 2. The zero-order chi connectivity index (χ0) is 24.1. The zero-order valence-electron chi connectivity index (χ0n) is 18.2. The molecule has 4 rings (SSSR count). The number of carboxylic acids is 1. The van der Waals surface area contributed by atoms with Crippen LogP contribution in [-0.2, 0) is 16.0 Å². The van der Waals surface area contributed by atoms with Gasteiger partial charge in [0.05, 0.1) is 19.2 Å². The minimum Gasteiger partial charge on any atom is -0.506 e. The molecule has 3 aromatic carbocycles. The molecule has 0 saturated heterocycles. The van der Waals surface area contributed by atoms with Crippen molar-refractivity contribution in [3.63, 3.8) is 0 Å². The molecule has 34 heavy (non-hydrogen) atoms. The van der Waals surface area contributed by atoms with Crippen LogP contribution in [0.1, 0.15) is 15.9 Å². The van der Waals surface area contributed by atoms with E-state index in [1.54, 1.807) is 0 Å². The van der Waals surface area contributed by atoms with Gasteiger partial charge in [0.2, 0.25) is 0 Å². The number of methoxy groups -OCH3 is 1. The van der Waals surface area contributed by atoms with E-state index in [0.717, 1.165) is 11.1 Å². The van der Waals surface area contributed by atoms with Crippen LogP contribution in [0.3, 0.4) is 0 Å². The summed E-state index contributed by atoms with van der Waals surface area (Å²) in [4.78, 5) is 24.1. The lowest BCUT2D eigenvalue weighted by molar-refractivity contribution is -0.136. The number of aromatic hydroxyl groups is 1. The molecule has 0 amide bonds. The van der Waals surface area contributed by atoms with E-state index in [4.69, 9.17) is 9.84 Å². The molecule has 170 valence electrons. The highest BCUT2D eigenvalue weighted by atomic mass is 16.5. The molecule has 4 aromatic rings. The number of phenols is 1. The quantitative estimate of drug-likeness (QED) is 0.271. The molecule has 1 aromatic heterocycles. The lowest BCUT2D eigenvalue weighted by Gasteiger charge is -2.17. The molecule has 0 aliphatic carbocycles. The number of carboxylic acid groups (broad SMARTS) is 1. The summed E-state index contributed by atoms with van der Waals surface area (Å²) in [6, 6.07) is 23.0. The Hall–Kier alpha value is -4.72. The average Bonchev–Trinajstić information content (AvgIpc) is 2.86. The van der Waals surface area contributed by atoms with Crippen LogP contribution >= 0.6 is 0 Å². The summed E-state index contributed by atoms with van der Waals surface area (Å²) >= 11 is 0. The fourth-order valence-electron chi connectivity index (χ4n) is 3.60. The van der Waals surface area contributed by atoms with Crippen molar-refractivity contribution in [3.05, 3.63) is 90.0 Å². The fourth-order valence-corrected chi connectivity index (χ4v) is 3.60. The number of ether oxygens (including phenoxy) is 1. The van der Waals surface area contributed by atoms with Gasteiger partial charge in [-0.1, -0.05) is 66.7 Å². The molecule has 0 bridgehead atoms. The molecule has 0 aliphatic heterocycles. The molecule has 0 radical (unpaired) electrons. The lowest BCUT2D eigenvalue weighted by atomic mass is 9.95. The van der Waals surface area contributed by atoms with Gasteiger partial charge in [-0.05, 0) is 23.3 Å². The van der Waals surface area contributed by atoms with Gasteiger partial charge in [0.25, 0.3) is 0 Å². The summed E-state index contributed by atoms with van der Waals surface area (Å²) in [7, 11) is 1.27. The second kappa shape index (κ2) is 9.83. The van der Waals surface area contributed by atoms with E-state index in [0.29, 0.717) is 16.8 Å². The predicted molar refractivity (Wildman–Crippen MR) is 127 cm³/mol. The molecule has 0 atom stereocenters. The van der Waals surface area contributed by atoms with Crippen molar-refractivity contribution in [1.82, 2.24) is 10.2 Å². The highest BCUT2D eigenvalue weighted by Crippen LogP contribution is 2.38. The Morgan fingerprint density at radius 2 is 1.56 bits per heavy atom. The van der Waals surface area contributed by atoms with Gasteiger partial charge in [-0.2, -0.15) is 0 Å². The van der Waals surface area contributed by atoms with Crippen molar-refractivity contribution in [1.29, 1.82) is 0 Å². The van der Waals surface area contributed by atoms with Crippen LogP contribution in [0.4, 0.5) is 11.5 Å². The minimum absolute atomic E-state index is 0.0631. The van der Waals surface area contributed by atoms with Crippen LogP contribution in [0.2, 0.25) is 0 Å². The third-order valence-electron chi connectivity index (χ3n) is 5.14. The second-order valence-corrected chi connectivity index (χ2v) is 7.42. The van der Waals surface area contributed by atoms with Gasteiger partial charge >= 0.3 is 11.9 Å². The van der Waals surface area contributed by atoms with Gasteiger partial charge in [0.1, 0.15) is 17.0 Å². The number of carbonyl (C=O) groups excluding carboxylic acids is 1. The first-order valence-corrected chi connectivity index (χ1v) is 10.4. The maximum atomic E-state index is 13.0. The van der Waals surface area contributed by atoms with Gasteiger partial charge in [0.15, 0.2) is 5.82 Å². The average molecular weight is 455 g/mol. The van der Waals surface area contributed by atoms with Crippen LogP contribution in [0, 0.1) is 0 Å². The van der Waals surface area contributed by atoms with E-state index in [-0.39, 0.29) is 29.2 Å². The lowest BCUT2D eigenvalue weighted by Crippen LogP contribution is -2.12. The number of carbonyl (C=O) groups is 2. The number of phenolic OH excluding ortho intramolecular Hbond substituents is 1. The molecule has 0 fully saturated rings. The number of anilines is 2. The molecule has 8 nitrogen and oxygen atoms in total. The Morgan fingerprint density at radius 3 is 2.18 bits per heavy atom. The summed E-state index contributed by atoms with van der Waals surface area (Å²) in [6.45, 7) is 0. The monoisotopic (exact) mass is 455 g/mol. The van der Waals surface area contributed by atoms with Crippen molar-refractivity contribution < 1.29 is 24.5 Å². The summed E-state index contributed by atoms with van der Waals surface area (Å²) in [5, 5.41) is 31.1. The van der Waals surface area contributed by atoms with Crippen LogP contribution in [0.25, 0.3) is 22.4 Å². The second-order valence-electron chi connectivity index (χ2n) is 7.42. The topological polar surface area (TPSA) is 122 Å². The van der Waals surface area contributed by atoms with Crippen LogP contribution in [0.15, 0.2) is 78.9 Å². The van der Waals surface area contributed by atoms with Crippen LogP contribution in [-0.4, -0.2) is 39.5 Å². The zero-order valence-corrected chi connectivity index (χ0v) is 18.2. The highest BCUT2D eigenvalue weighted by molar-refractivity contribution is 6.05. The van der Waals surface area contributed by atoms with Crippen molar-refractivity contribution >= 4 is 23.4 Å². The Kier molecular flexibility index (Phi) is 6.49. The van der Waals surface area contributed by atoms with Crippen molar-refractivity contribution in [3.8, 4) is 28.1 Å². The number of hydrogen-bond donors (Lipinski definition) is 3. The van der Waals surface area contributed by atoms with E-state index in [2.05, 4.69) is 15.5 Å². The number of hydrogen-bond acceptors (Lipinski definition) is 7. The SMILES string of the molecule is COC(=O)c1c(Nc2cc(CC(=O)O)ccc2O)nnc(-c2ccccc2)c1-c1ccccc1. The molecule has 3 N–H and O–H groups in total. The standard InChI is InChI=1S/C26H21N3O5/c1-34-26(33)23-22(17-8-4-2-5-9-17)24(18-10-6-3-7-11-18)28-29-25(23)27-19-14-16(15-21(31)32)12-13-20(19)30/h2-14,30H,15H2,1H3,(H,27,29)(H,31,32). The number of esters is 1. The Morgan fingerprint density at radius 1 is 0.912 bits per heavy atom. The smallest absolute Gasteiger partial charge is 0.342 e. The van der Waals surface area contributed by atoms with E-state index < -0.39 is 11.9 Å². The van der Waals surface area contributed by atoms with Gasteiger partial charge in [-0.15, -0.1) is 10.2 Å². The molecule has 8 heteroatoms. The Balaban J connectivity index is 1.93. The fraction of sp³-hybridized carbons (Fsp3) is 0.0769. The van der Waals surface area contributed by atoms with Gasteiger partial charge in [0, 0.05) is 11.1 Å². The number of nitrogens with one attached hydrogen (secondary N) is 1. The molecular weight excluding hydrogens is 434 g/mol. The van der Waals surface area contributed by atoms with Gasteiger partial charge in [-0.3, -0.25) is 4.79 Å². The van der Waals surface area contributed by atoms with Crippen molar-refractivity contribution in [2.45, 2.75) is 6.42 Å². The maximum Gasteiger partial charge on any atom is 0.342 e.